The number of carbonyl (C=O) groups is 1. The number of hydrogen-bond acceptors (Lipinski definition) is 2. The van der Waals surface area contributed by atoms with E-state index in [-0.39, 0.29) is 0 Å². The molecule has 4 heteroatoms. The van der Waals surface area contributed by atoms with Crippen molar-refractivity contribution in [3.8, 4) is 0 Å². The molecule has 1 heterocycles. The fraction of sp³-hybridized carbons (Fsp3) is 0.500. The second kappa shape index (κ2) is 4.33. The van der Waals surface area contributed by atoms with E-state index >= 15 is 0 Å². The Balaban J connectivity index is 1.64. The van der Waals surface area contributed by atoms with Gasteiger partial charge in [-0.1, -0.05) is 0 Å². The molecule has 1 N–H and O–H groups in total. The molecule has 0 atom stereocenters. The maximum atomic E-state index is 11.0. The zero-order chi connectivity index (χ0) is 13.7. The Bertz CT molecular complexity index is 656. The van der Waals surface area contributed by atoms with Crippen LogP contribution in [0.5, 0.6) is 0 Å². The lowest BCUT2D eigenvalue weighted by Gasteiger charge is -2.16. The van der Waals surface area contributed by atoms with Crippen LogP contribution in [-0.2, 0) is 6.54 Å². The molecular formula is C16H18N2O2. The Hall–Kier alpha value is -1.84. The van der Waals surface area contributed by atoms with Crippen molar-refractivity contribution in [3.63, 3.8) is 0 Å². The first kappa shape index (κ1) is 11.9. The monoisotopic (exact) mass is 270 g/mol. The van der Waals surface area contributed by atoms with E-state index in [2.05, 4.69) is 9.55 Å². The van der Waals surface area contributed by atoms with Crippen LogP contribution in [0, 0.1) is 17.8 Å². The predicted octanol–water partition coefficient (Wildman–Crippen LogP) is 3.17. The Morgan fingerprint density at radius 3 is 2.60 bits per heavy atom. The van der Waals surface area contributed by atoms with Crippen molar-refractivity contribution in [3.05, 3.63) is 30.1 Å². The van der Waals surface area contributed by atoms with Gasteiger partial charge in [0.2, 0.25) is 0 Å². The van der Waals surface area contributed by atoms with E-state index in [0.29, 0.717) is 5.56 Å². The lowest BCUT2D eigenvalue weighted by atomic mass is 9.98. The van der Waals surface area contributed by atoms with Crippen molar-refractivity contribution in [1.82, 2.24) is 9.55 Å². The summed E-state index contributed by atoms with van der Waals surface area (Å²) < 4.78 is 2.21. The topological polar surface area (TPSA) is 55.1 Å². The summed E-state index contributed by atoms with van der Waals surface area (Å²) in [5.74, 6) is 1.73. The number of aromatic nitrogens is 2. The van der Waals surface area contributed by atoms with Crippen LogP contribution in [0.3, 0.4) is 0 Å². The molecule has 0 bridgehead atoms. The Kier molecular flexibility index (Phi) is 2.59. The number of benzene rings is 1. The van der Waals surface area contributed by atoms with Crippen LogP contribution in [0.2, 0.25) is 0 Å². The van der Waals surface area contributed by atoms with Gasteiger partial charge < -0.3 is 9.67 Å². The first-order valence-electron chi connectivity index (χ1n) is 7.40. The van der Waals surface area contributed by atoms with Gasteiger partial charge in [0.05, 0.1) is 22.9 Å². The molecule has 2 aliphatic carbocycles. The van der Waals surface area contributed by atoms with Gasteiger partial charge in [-0.3, -0.25) is 0 Å². The molecule has 0 aliphatic heterocycles. The number of imidazole rings is 1. The molecule has 1 aromatic carbocycles. The zero-order valence-electron chi connectivity index (χ0n) is 11.3. The van der Waals surface area contributed by atoms with Crippen LogP contribution in [0.4, 0.5) is 0 Å². The molecule has 2 aliphatic rings. The zero-order valence-corrected chi connectivity index (χ0v) is 11.3. The molecule has 1 aromatic heterocycles. The third-order valence-electron chi connectivity index (χ3n) is 4.73. The largest absolute Gasteiger partial charge is 0.478 e. The normalized spacial score (nSPS) is 18.9. The van der Waals surface area contributed by atoms with E-state index in [0.717, 1.165) is 35.3 Å². The molecule has 0 amide bonds. The van der Waals surface area contributed by atoms with E-state index in [4.69, 9.17) is 5.11 Å². The third-order valence-corrected chi connectivity index (χ3v) is 4.73. The minimum absolute atomic E-state index is 0.309. The summed E-state index contributed by atoms with van der Waals surface area (Å²) >= 11 is 0. The molecular weight excluding hydrogens is 252 g/mol. The van der Waals surface area contributed by atoms with Gasteiger partial charge in [0.15, 0.2) is 0 Å². The van der Waals surface area contributed by atoms with Gasteiger partial charge in [-0.05, 0) is 61.6 Å². The van der Waals surface area contributed by atoms with E-state index in [9.17, 15) is 4.79 Å². The minimum atomic E-state index is -0.893. The van der Waals surface area contributed by atoms with Crippen molar-refractivity contribution in [2.45, 2.75) is 32.2 Å². The predicted molar refractivity (Wildman–Crippen MR) is 75.6 cm³/mol. The van der Waals surface area contributed by atoms with Crippen molar-refractivity contribution >= 4 is 17.0 Å². The highest BCUT2D eigenvalue weighted by atomic mass is 16.4. The summed E-state index contributed by atoms with van der Waals surface area (Å²) in [6.45, 7) is 1.04. The Morgan fingerprint density at radius 2 is 2.00 bits per heavy atom. The molecule has 20 heavy (non-hydrogen) atoms. The first-order valence-corrected chi connectivity index (χ1v) is 7.40. The third kappa shape index (κ3) is 2.09. The maximum Gasteiger partial charge on any atom is 0.335 e. The highest BCUT2D eigenvalue weighted by Crippen LogP contribution is 2.50. The molecule has 2 aromatic rings. The molecule has 0 saturated heterocycles. The fourth-order valence-electron chi connectivity index (χ4n) is 3.30. The summed E-state index contributed by atoms with van der Waals surface area (Å²) in [7, 11) is 0. The number of aromatic carboxylic acids is 1. The van der Waals surface area contributed by atoms with Crippen molar-refractivity contribution in [1.29, 1.82) is 0 Å². The van der Waals surface area contributed by atoms with Crippen LogP contribution >= 0.6 is 0 Å². The van der Waals surface area contributed by atoms with E-state index in [1.54, 1.807) is 12.1 Å². The summed E-state index contributed by atoms with van der Waals surface area (Å²) in [6.07, 6.45) is 7.41. The summed E-state index contributed by atoms with van der Waals surface area (Å²) in [5, 5.41) is 9.02. The van der Waals surface area contributed by atoms with Gasteiger partial charge in [0, 0.05) is 6.54 Å². The summed E-state index contributed by atoms with van der Waals surface area (Å²) in [5.41, 5.74) is 2.15. The highest BCUT2D eigenvalue weighted by Gasteiger charge is 2.41. The maximum absolute atomic E-state index is 11.0. The second-order valence-electron chi connectivity index (χ2n) is 6.24. The number of nitrogens with zero attached hydrogens (tertiary/aromatic N) is 2. The van der Waals surface area contributed by atoms with Crippen LogP contribution < -0.4 is 0 Å². The number of fused-ring (bicyclic) bond motifs is 1. The average Bonchev–Trinajstić information content (AvgIpc) is 3.34. The lowest BCUT2D eigenvalue weighted by Crippen LogP contribution is -2.14. The van der Waals surface area contributed by atoms with Gasteiger partial charge >= 0.3 is 5.97 Å². The number of rotatable bonds is 5. The van der Waals surface area contributed by atoms with Gasteiger partial charge in [-0.25, -0.2) is 9.78 Å². The fourth-order valence-corrected chi connectivity index (χ4v) is 3.30. The van der Waals surface area contributed by atoms with Gasteiger partial charge in [0.25, 0.3) is 0 Å². The van der Waals surface area contributed by atoms with Crippen molar-refractivity contribution in [2.24, 2.45) is 17.8 Å². The molecule has 0 spiro atoms. The lowest BCUT2D eigenvalue weighted by molar-refractivity contribution is 0.0697. The van der Waals surface area contributed by atoms with E-state index in [1.165, 1.54) is 25.7 Å². The number of carboxylic acids is 1. The summed E-state index contributed by atoms with van der Waals surface area (Å²) in [6, 6.07) is 5.23. The smallest absolute Gasteiger partial charge is 0.335 e. The molecule has 2 saturated carbocycles. The minimum Gasteiger partial charge on any atom is -0.478 e. The summed E-state index contributed by atoms with van der Waals surface area (Å²) in [4.78, 5) is 15.4. The molecule has 2 fully saturated rings. The van der Waals surface area contributed by atoms with Gasteiger partial charge in [-0.2, -0.15) is 0 Å². The van der Waals surface area contributed by atoms with E-state index < -0.39 is 5.97 Å². The van der Waals surface area contributed by atoms with Crippen LogP contribution in [0.1, 0.15) is 36.0 Å². The SMILES string of the molecule is O=C(O)c1ccc2c(c1)ncn2CC(C1CC1)C1CC1. The molecule has 0 radical (unpaired) electrons. The average molecular weight is 270 g/mol. The molecule has 104 valence electrons. The Morgan fingerprint density at radius 1 is 1.30 bits per heavy atom. The molecule has 4 rings (SSSR count). The van der Waals surface area contributed by atoms with Crippen molar-refractivity contribution < 1.29 is 9.90 Å². The van der Waals surface area contributed by atoms with Crippen LogP contribution in [0.15, 0.2) is 24.5 Å². The van der Waals surface area contributed by atoms with Crippen LogP contribution in [0.25, 0.3) is 11.0 Å². The van der Waals surface area contributed by atoms with Gasteiger partial charge in [0.1, 0.15) is 0 Å². The Labute approximate surface area is 117 Å². The highest BCUT2D eigenvalue weighted by molar-refractivity contribution is 5.92. The van der Waals surface area contributed by atoms with Crippen molar-refractivity contribution in [2.75, 3.05) is 0 Å². The standard InChI is InChI=1S/C16H18N2O2/c19-16(20)12-5-6-15-14(7-12)17-9-18(15)8-13(10-1-2-10)11-3-4-11/h5-7,9-11,13H,1-4,8H2,(H,19,20). The quantitative estimate of drug-likeness (QED) is 0.908. The van der Waals surface area contributed by atoms with E-state index in [1.807, 2.05) is 12.4 Å². The number of carboxylic acid groups (broad SMARTS) is 1. The second-order valence-corrected chi connectivity index (χ2v) is 6.24. The van der Waals surface area contributed by atoms with Gasteiger partial charge in [-0.15, -0.1) is 0 Å². The molecule has 4 nitrogen and oxygen atoms in total. The molecule has 0 unspecified atom stereocenters. The van der Waals surface area contributed by atoms with Crippen LogP contribution in [-0.4, -0.2) is 20.6 Å². The number of hydrogen-bond donors (Lipinski definition) is 1. The first-order chi connectivity index (χ1) is 9.72.